The van der Waals surface area contributed by atoms with Crippen LogP contribution >= 0.6 is 0 Å². The van der Waals surface area contributed by atoms with Crippen LogP contribution in [-0.4, -0.2) is 24.3 Å². The Hall–Kier alpha value is -2.77. The first-order chi connectivity index (χ1) is 12.2. The van der Waals surface area contributed by atoms with Crippen molar-refractivity contribution in [3.05, 3.63) is 65.5 Å². The molecule has 0 unspecified atom stereocenters. The van der Waals surface area contributed by atoms with Crippen LogP contribution in [0.15, 0.2) is 48.5 Å². The van der Waals surface area contributed by atoms with E-state index in [1.54, 1.807) is 25.1 Å². The number of halogens is 4. The molecule has 0 spiro atoms. The van der Waals surface area contributed by atoms with E-state index in [1.807, 2.05) is 0 Å². The van der Waals surface area contributed by atoms with E-state index in [-0.39, 0.29) is 17.9 Å². The highest BCUT2D eigenvalue weighted by atomic mass is 19.4. The molecule has 2 rings (SSSR count). The number of carbonyl (C=O) groups excluding carboxylic acids is 1. The van der Waals surface area contributed by atoms with Crippen LogP contribution < -0.4 is 10.1 Å². The van der Waals surface area contributed by atoms with Crippen molar-refractivity contribution in [2.45, 2.75) is 25.9 Å². The number of para-hydroxylation sites is 1. The third-order valence-electron chi connectivity index (χ3n) is 3.66. The van der Waals surface area contributed by atoms with Crippen LogP contribution in [0.3, 0.4) is 0 Å². The minimum Gasteiger partial charge on any atom is -0.405 e. The van der Waals surface area contributed by atoms with Crippen molar-refractivity contribution in [1.29, 1.82) is 0 Å². The van der Waals surface area contributed by atoms with E-state index in [1.165, 1.54) is 42.3 Å². The summed E-state index contributed by atoms with van der Waals surface area (Å²) in [6, 6.07) is 10.4. The number of alkyl halides is 3. The highest BCUT2D eigenvalue weighted by Gasteiger charge is 2.32. The van der Waals surface area contributed by atoms with Crippen molar-refractivity contribution in [1.82, 2.24) is 10.2 Å². The van der Waals surface area contributed by atoms with Gasteiger partial charge in [-0.05, 0) is 19.1 Å². The van der Waals surface area contributed by atoms with E-state index in [0.29, 0.717) is 5.56 Å². The number of nitrogens with zero attached hydrogens (tertiary/aromatic N) is 1. The molecule has 0 saturated heterocycles. The van der Waals surface area contributed by atoms with Gasteiger partial charge in [-0.1, -0.05) is 36.4 Å². The number of amides is 2. The van der Waals surface area contributed by atoms with Crippen molar-refractivity contribution in [2.75, 3.05) is 7.05 Å². The Balaban J connectivity index is 2.05. The monoisotopic (exact) mass is 370 g/mol. The van der Waals surface area contributed by atoms with E-state index < -0.39 is 24.3 Å². The molecule has 0 heterocycles. The first-order valence-corrected chi connectivity index (χ1v) is 7.77. The smallest absolute Gasteiger partial charge is 0.405 e. The van der Waals surface area contributed by atoms with Crippen LogP contribution in [0.25, 0.3) is 0 Å². The van der Waals surface area contributed by atoms with Gasteiger partial charge in [0.05, 0.1) is 12.6 Å². The first-order valence-electron chi connectivity index (χ1n) is 7.77. The molecule has 0 aliphatic carbocycles. The second-order valence-electron chi connectivity index (χ2n) is 5.70. The fourth-order valence-electron chi connectivity index (χ4n) is 2.39. The molecule has 8 heteroatoms. The van der Waals surface area contributed by atoms with E-state index in [2.05, 4.69) is 10.1 Å². The molecule has 0 fully saturated rings. The Morgan fingerprint density at radius 2 is 1.77 bits per heavy atom. The van der Waals surface area contributed by atoms with Crippen molar-refractivity contribution in [3.8, 4) is 5.75 Å². The lowest BCUT2D eigenvalue weighted by atomic mass is 10.1. The van der Waals surface area contributed by atoms with Crippen molar-refractivity contribution < 1.29 is 27.1 Å². The van der Waals surface area contributed by atoms with Crippen LogP contribution in [-0.2, 0) is 6.54 Å². The molecular weight excluding hydrogens is 352 g/mol. The highest BCUT2D eigenvalue weighted by Crippen LogP contribution is 2.27. The van der Waals surface area contributed by atoms with Crippen molar-refractivity contribution in [2.24, 2.45) is 0 Å². The van der Waals surface area contributed by atoms with Gasteiger partial charge in [0.25, 0.3) is 0 Å². The summed E-state index contributed by atoms with van der Waals surface area (Å²) in [7, 11) is 1.42. The summed E-state index contributed by atoms with van der Waals surface area (Å²) in [6.07, 6.45) is -4.82. The van der Waals surface area contributed by atoms with Crippen LogP contribution in [0.1, 0.15) is 24.1 Å². The molecule has 1 N–H and O–H groups in total. The van der Waals surface area contributed by atoms with Gasteiger partial charge >= 0.3 is 12.4 Å². The normalized spacial score (nSPS) is 12.4. The molecule has 0 radical (unpaired) electrons. The van der Waals surface area contributed by atoms with Gasteiger partial charge in [-0.3, -0.25) is 0 Å². The minimum absolute atomic E-state index is 0.109. The molecule has 0 saturated carbocycles. The maximum absolute atomic E-state index is 13.8. The Morgan fingerprint density at radius 3 is 2.42 bits per heavy atom. The number of urea groups is 1. The summed E-state index contributed by atoms with van der Waals surface area (Å²) in [6.45, 7) is 1.51. The standard InChI is InChI=1S/C18H18F4N2O2/c1-12(14-8-4-5-9-15(14)19)23-17(25)24(2)11-13-7-3-6-10-16(13)26-18(20,21)22/h3-10,12H,11H2,1-2H3,(H,23,25)/t12-/m0/s1. The summed E-state index contributed by atoms with van der Waals surface area (Å²) in [5.74, 6) is -0.825. The fourth-order valence-corrected chi connectivity index (χ4v) is 2.39. The van der Waals surface area contributed by atoms with Gasteiger partial charge in [0.1, 0.15) is 11.6 Å². The number of rotatable bonds is 5. The summed E-state index contributed by atoms with van der Waals surface area (Å²) in [4.78, 5) is 13.5. The quantitative estimate of drug-likeness (QED) is 0.780. The molecule has 0 aromatic heterocycles. The Labute approximate surface area is 148 Å². The predicted molar refractivity (Wildman–Crippen MR) is 87.9 cm³/mol. The molecular formula is C18H18F4N2O2. The zero-order valence-corrected chi connectivity index (χ0v) is 14.2. The van der Waals surface area contributed by atoms with Gasteiger partial charge < -0.3 is 15.0 Å². The Kier molecular flexibility index (Phi) is 6.07. The third kappa shape index (κ3) is 5.37. The summed E-state index contributed by atoms with van der Waals surface area (Å²) in [5, 5.41) is 2.61. The molecule has 0 aliphatic rings. The second-order valence-corrected chi connectivity index (χ2v) is 5.70. The van der Waals surface area contributed by atoms with E-state index >= 15 is 0 Å². The first kappa shape index (κ1) is 19.6. The van der Waals surface area contributed by atoms with Crippen molar-refractivity contribution >= 4 is 6.03 Å². The minimum atomic E-state index is -4.82. The molecule has 1 atom stereocenters. The lowest BCUT2D eigenvalue weighted by Gasteiger charge is -2.23. The zero-order chi connectivity index (χ0) is 19.3. The van der Waals surface area contributed by atoms with Gasteiger partial charge in [-0.2, -0.15) is 0 Å². The molecule has 0 bridgehead atoms. The molecule has 0 aliphatic heterocycles. The van der Waals surface area contributed by atoms with Gasteiger partial charge in [-0.25, -0.2) is 9.18 Å². The SMILES string of the molecule is C[C@H](NC(=O)N(C)Cc1ccccc1OC(F)(F)F)c1ccccc1F. The predicted octanol–water partition coefficient (Wildman–Crippen LogP) is 4.63. The summed E-state index contributed by atoms with van der Waals surface area (Å²) < 4.78 is 55.1. The van der Waals surface area contributed by atoms with Crippen molar-refractivity contribution in [3.63, 3.8) is 0 Å². The number of nitrogens with one attached hydrogen (secondary N) is 1. The van der Waals surface area contributed by atoms with Gasteiger partial charge in [0.15, 0.2) is 0 Å². The average Bonchev–Trinajstić information content (AvgIpc) is 2.55. The number of benzene rings is 2. The van der Waals surface area contributed by atoms with Crippen LogP contribution in [0.5, 0.6) is 5.75 Å². The average molecular weight is 370 g/mol. The maximum atomic E-state index is 13.8. The fraction of sp³-hybridized carbons (Fsp3) is 0.278. The maximum Gasteiger partial charge on any atom is 0.573 e. The van der Waals surface area contributed by atoms with E-state index in [9.17, 15) is 22.4 Å². The number of hydrogen-bond acceptors (Lipinski definition) is 2. The van der Waals surface area contributed by atoms with E-state index in [4.69, 9.17) is 0 Å². The van der Waals surface area contributed by atoms with Gasteiger partial charge in [0, 0.05) is 18.2 Å². The Bertz CT molecular complexity index is 765. The molecule has 2 amide bonds. The van der Waals surface area contributed by atoms with Crippen LogP contribution in [0.2, 0.25) is 0 Å². The van der Waals surface area contributed by atoms with Crippen LogP contribution in [0.4, 0.5) is 22.4 Å². The molecule has 4 nitrogen and oxygen atoms in total. The number of hydrogen-bond donors (Lipinski definition) is 1. The molecule has 26 heavy (non-hydrogen) atoms. The molecule has 140 valence electrons. The molecule has 2 aromatic carbocycles. The molecule has 2 aromatic rings. The number of carbonyl (C=O) groups is 1. The zero-order valence-electron chi connectivity index (χ0n) is 14.2. The van der Waals surface area contributed by atoms with Gasteiger partial charge in [-0.15, -0.1) is 13.2 Å². The topological polar surface area (TPSA) is 41.6 Å². The van der Waals surface area contributed by atoms with E-state index in [0.717, 1.165) is 0 Å². The summed E-state index contributed by atoms with van der Waals surface area (Å²) >= 11 is 0. The largest absolute Gasteiger partial charge is 0.573 e. The van der Waals surface area contributed by atoms with Gasteiger partial charge in [0.2, 0.25) is 0 Å². The lowest BCUT2D eigenvalue weighted by molar-refractivity contribution is -0.275. The third-order valence-corrected chi connectivity index (χ3v) is 3.66. The van der Waals surface area contributed by atoms with Crippen LogP contribution in [0, 0.1) is 5.82 Å². The summed E-state index contributed by atoms with van der Waals surface area (Å²) in [5.41, 5.74) is 0.510. The number of ether oxygens (including phenoxy) is 1. The second kappa shape index (κ2) is 8.07. The highest BCUT2D eigenvalue weighted by molar-refractivity contribution is 5.74. The Morgan fingerprint density at radius 1 is 1.15 bits per heavy atom. The lowest BCUT2D eigenvalue weighted by Crippen LogP contribution is -2.38.